The second-order valence-corrected chi connectivity index (χ2v) is 5.45. The maximum Gasteiger partial charge on any atom is 0.265 e. The number of aliphatic hydroxyl groups excluding tert-OH is 1. The number of hydrogen-bond donors (Lipinski definition) is 2. The lowest BCUT2D eigenvalue weighted by atomic mass is 10.1. The second kappa shape index (κ2) is 7.14. The number of benzene rings is 2. The Hall–Kier alpha value is -2.86. The molecule has 6 nitrogen and oxygen atoms in total. The van der Waals surface area contributed by atoms with E-state index in [4.69, 9.17) is 4.74 Å². The first-order chi connectivity index (χ1) is 11.7. The van der Waals surface area contributed by atoms with E-state index < -0.39 is 6.04 Å². The predicted octanol–water partition coefficient (Wildman–Crippen LogP) is 1.26. The van der Waals surface area contributed by atoms with E-state index in [1.165, 1.54) is 4.90 Å². The van der Waals surface area contributed by atoms with Crippen LogP contribution >= 0.6 is 0 Å². The van der Waals surface area contributed by atoms with Gasteiger partial charge in [-0.3, -0.25) is 14.5 Å². The lowest BCUT2D eigenvalue weighted by Crippen LogP contribution is -2.46. The molecule has 24 heavy (non-hydrogen) atoms. The highest BCUT2D eigenvalue weighted by atomic mass is 16.5. The van der Waals surface area contributed by atoms with Gasteiger partial charge in [0.15, 0.2) is 6.61 Å². The van der Waals surface area contributed by atoms with Crippen LogP contribution < -0.4 is 15.0 Å². The van der Waals surface area contributed by atoms with Crippen molar-refractivity contribution < 1.29 is 19.4 Å². The van der Waals surface area contributed by atoms with Gasteiger partial charge in [0.1, 0.15) is 12.3 Å². The van der Waals surface area contributed by atoms with Crippen molar-refractivity contribution in [3.05, 3.63) is 60.2 Å². The number of ether oxygens (including phenoxy) is 1. The fourth-order valence-corrected chi connectivity index (χ4v) is 2.63. The largest absolute Gasteiger partial charge is 0.482 e. The summed E-state index contributed by atoms with van der Waals surface area (Å²) < 4.78 is 5.36. The molecule has 124 valence electrons. The van der Waals surface area contributed by atoms with Crippen molar-refractivity contribution >= 4 is 17.5 Å². The Balaban J connectivity index is 1.72. The number of carbonyl (C=O) groups excluding carboxylic acids is 2. The molecule has 1 unspecified atom stereocenters. The standard InChI is InChI=1S/C18H18N2O4/c21-11-14(13-6-2-1-3-7-13)19-17(22)10-20-15-8-4-5-9-16(15)24-12-18(20)23/h1-9,14,21H,10-12H2,(H,19,22). The lowest BCUT2D eigenvalue weighted by molar-refractivity contribution is -0.125. The topological polar surface area (TPSA) is 78.9 Å². The molecule has 0 radical (unpaired) electrons. The van der Waals surface area contributed by atoms with Crippen molar-refractivity contribution in [3.8, 4) is 5.75 Å². The number of nitrogens with zero attached hydrogens (tertiary/aromatic N) is 1. The van der Waals surface area contributed by atoms with Gasteiger partial charge in [-0.25, -0.2) is 0 Å². The van der Waals surface area contributed by atoms with E-state index in [-0.39, 0.29) is 31.6 Å². The minimum Gasteiger partial charge on any atom is -0.482 e. The Labute approximate surface area is 139 Å². The summed E-state index contributed by atoms with van der Waals surface area (Å²) in [7, 11) is 0. The van der Waals surface area contributed by atoms with E-state index in [0.717, 1.165) is 5.56 Å². The Morgan fingerprint density at radius 3 is 2.62 bits per heavy atom. The summed E-state index contributed by atoms with van der Waals surface area (Å²) in [6.45, 7) is -0.432. The van der Waals surface area contributed by atoms with E-state index in [1.54, 1.807) is 18.2 Å². The number of amides is 2. The highest BCUT2D eigenvalue weighted by molar-refractivity contribution is 6.02. The van der Waals surface area contributed by atoms with Gasteiger partial charge in [0, 0.05) is 0 Å². The first-order valence-electron chi connectivity index (χ1n) is 7.66. The molecule has 0 aliphatic carbocycles. The molecule has 1 aliphatic heterocycles. The number of anilines is 1. The van der Waals surface area contributed by atoms with Crippen molar-refractivity contribution in [2.24, 2.45) is 0 Å². The second-order valence-electron chi connectivity index (χ2n) is 5.45. The van der Waals surface area contributed by atoms with Gasteiger partial charge >= 0.3 is 0 Å². The van der Waals surface area contributed by atoms with Gasteiger partial charge in [-0.1, -0.05) is 42.5 Å². The molecule has 3 rings (SSSR count). The summed E-state index contributed by atoms with van der Waals surface area (Å²) >= 11 is 0. The van der Waals surface area contributed by atoms with Crippen molar-refractivity contribution in [1.82, 2.24) is 5.32 Å². The molecule has 0 aromatic heterocycles. The molecular formula is C18H18N2O4. The molecule has 0 saturated carbocycles. The molecule has 0 spiro atoms. The van der Waals surface area contributed by atoms with Gasteiger partial charge in [0.2, 0.25) is 5.91 Å². The number of nitrogens with one attached hydrogen (secondary N) is 1. The number of carbonyl (C=O) groups is 2. The van der Waals surface area contributed by atoms with E-state index in [1.807, 2.05) is 36.4 Å². The Kier molecular flexibility index (Phi) is 4.77. The number of rotatable bonds is 5. The summed E-state index contributed by atoms with van der Waals surface area (Å²) in [5.41, 5.74) is 1.38. The normalized spacial score (nSPS) is 14.5. The average Bonchev–Trinajstić information content (AvgIpc) is 2.63. The van der Waals surface area contributed by atoms with E-state index in [9.17, 15) is 14.7 Å². The predicted molar refractivity (Wildman–Crippen MR) is 88.7 cm³/mol. The molecule has 2 aromatic carbocycles. The van der Waals surface area contributed by atoms with Crippen LogP contribution in [0.3, 0.4) is 0 Å². The Bertz CT molecular complexity index is 733. The SMILES string of the molecule is O=C(CN1C(=O)COc2ccccc21)NC(CO)c1ccccc1. The fraction of sp³-hybridized carbons (Fsp3) is 0.222. The van der Waals surface area contributed by atoms with Crippen LogP contribution in [0.4, 0.5) is 5.69 Å². The quantitative estimate of drug-likeness (QED) is 0.867. The van der Waals surface area contributed by atoms with Gasteiger partial charge in [-0.15, -0.1) is 0 Å². The molecule has 1 atom stereocenters. The lowest BCUT2D eigenvalue weighted by Gasteiger charge is -2.29. The third-order valence-electron chi connectivity index (χ3n) is 3.83. The minimum atomic E-state index is -0.509. The van der Waals surface area contributed by atoms with Crippen molar-refractivity contribution in [3.63, 3.8) is 0 Å². The van der Waals surface area contributed by atoms with Crippen LogP contribution in [0.5, 0.6) is 5.75 Å². The van der Waals surface area contributed by atoms with Gasteiger partial charge in [-0.05, 0) is 17.7 Å². The third kappa shape index (κ3) is 3.38. The Morgan fingerprint density at radius 1 is 1.17 bits per heavy atom. The van der Waals surface area contributed by atoms with Crippen LogP contribution in [0.2, 0.25) is 0 Å². The van der Waals surface area contributed by atoms with Gasteiger partial charge in [0.25, 0.3) is 5.91 Å². The molecule has 2 aromatic rings. The monoisotopic (exact) mass is 326 g/mol. The number of hydrogen-bond acceptors (Lipinski definition) is 4. The highest BCUT2D eigenvalue weighted by Crippen LogP contribution is 2.31. The molecule has 1 heterocycles. The molecule has 0 fully saturated rings. The summed E-state index contributed by atoms with van der Waals surface area (Å²) in [5, 5.41) is 12.3. The van der Waals surface area contributed by atoms with Crippen LogP contribution in [0.1, 0.15) is 11.6 Å². The highest BCUT2D eigenvalue weighted by Gasteiger charge is 2.27. The van der Waals surface area contributed by atoms with Gasteiger partial charge in [0.05, 0.1) is 18.3 Å². The summed E-state index contributed by atoms with van der Waals surface area (Å²) in [4.78, 5) is 25.8. The summed E-state index contributed by atoms with van der Waals surface area (Å²) in [6, 6.07) is 15.8. The van der Waals surface area contributed by atoms with Gasteiger partial charge < -0.3 is 15.2 Å². The smallest absolute Gasteiger partial charge is 0.265 e. The molecule has 1 aliphatic rings. The van der Waals surface area contributed by atoms with Crippen molar-refractivity contribution in [2.75, 3.05) is 24.7 Å². The fourth-order valence-electron chi connectivity index (χ4n) is 2.63. The zero-order valence-electron chi connectivity index (χ0n) is 13.0. The molecule has 0 saturated heterocycles. The molecule has 2 N–H and O–H groups in total. The number of para-hydroxylation sites is 2. The van der Waals surface area contributed by atoms with Crippen LogP contribution in [0.25, 0.3) is 0 Å². The summed E-state index contributed by atoms with van der Waals surface area (Å²) in [5.74, 6) is -0.0428. The number of fused-ring (bicyclic) bond motifs is 1. The van der Waals surface area contributed by atoms with E-state index >= 15 is 0 Å². The van der Waals surface area contributed by atoms with Gasteiger partial charge in [-0.2, -0.15) is 0 Å². The third-order valence-corrected chi connectivity index (χ3v) is 3.83. The maximum absolute atomic E-state index is 12.4. The molecule has 6 heteroatoms. The van der Waals surface area contributed by atoms with Crippen LogP contribution in [-0.4, -0.2) is 36.7 Å². The van der Waals surface area contributed by atoms with Crippen molar-refractivity contribution in [2.45, 2.75) is 6.04 Å². The zero-order valence-corrected chi connectivity index (χ0v) is 13.0. The first kappa shape index (κ1) is 16.0. The molecule has 0 bridgehead atoms. The maximum atomic E-state index is 12.4. The van der Waals surface area contributed by atoms with Crippen LogP contribution in [-0.2, 0) is 9.59 Å². The first-order valence-corrected chi connectivity index (χ1v) is 7.66. The average molecular weight is 326 g/mol. The zero-order chi connectivity index (χ0) is 16.9. The van der Waals surface area contributed by atoms with Crippen LogP contribution in [0, 0.1) is 0 Å². The Morgan fingerprint density at radius 2 is 1.88 bits per heavy atom. The summed E-state index contributed by atoms with van der Waals surface area (Å²) in [6.07, 6.45) is 0. The van der Waals surface area contributed by atoms with E-state index in [0.29, 0.717) is 11.4 Å². The molecule has 2 amide bonds. The van der Waals surface area contributed by atoms with Crippen LogP contribution in [0.15, 0.2) is 54.6 Å². The molecular weight excluding hydrogens is 308 g/mol. The van der Waals surface area contributed by atoms with E-state index in [2.05, 4.69) is 5.32 Å². The van der Waals surface area contributed by atoms with Crippen molar-refractivity contribution in [1.29, 1.82) is 0 Å². The minimum absolute atomic E-state index is 0.0909. The number of aliphatic hydroxyl groups is 1.